The first-order valence-corrected chi connectivity index (χ1v) is 6.34. The Bertz CT molecular complexity index is 627. The number of rotatable bonds is 2. The van der Waals surface area contributed by atoms with Crippen molar-refractivity contribution < 1.29 is 9.53 Å². The number of fused-ring (bicyclic) bond motifs is 1. The van der Waals surface area contributed by atoms with Gasteiger partial charge in [-0.15, -0.1) is 0 Å². The number of nitrogens with zero attached hydrogens (tertiary/aromatic N) is 2. The largest absolute Gasteiger partial charge is 0.493 e. The number of carbonyl (C=O) groups is 1. The zero-order chi connectivity index (χ0) is 13.9. The third kappa shape index (κ3) is 2.40. The molecule has 3 rings (SSSR count). The van der Waals surface area contributed by atoms with Crippen LogP contribution in [0.2, 0.25) is 0 Å². The number of aromatic nitrogens is 2. The van der Waals surface area contributed by atoms with Gasteiger partial charge in [-0.05, 0) is 6.07 Å². The standard InChI is InChI=1S/C14H14N4O2/c15-13-8-16-11(7-17-13)14(19)18-10-5-6-20-12-4-2-1-3-9(10)12/h1-4,7-8,10H,5-6H2,(H2,15,17)(H,18,19). The highest BCUT2D eigenvalue weighted by Gasteiger charge is 2.23. The first-order valence-electron chi connectivity index (χ1n) is 6.34. The molecular formula is C14H14N4O2. The molecule has 6 nitrogen and oxygen atoms in total. The van der Waals surface area contributed by atoms with E-state index >= 15 is 0 Å². The number of ether oxygens (including phenoxy) is 1. The minimum absolute atomic E-state index is 0.0770. The van der Waals surface area contributed by atoms with Crippen molar-refractivity contribution in [1.82, 2.24) is 15.3 Å². The third-order valence-electron chi connectivity index (χ3n) is 3.17. The molecule has 1 aliphatic rings. The molecule has 2 heterocycles. The number of hydrogen-bond acceptors (Lipinski definition) is 5. The lowest BCUT2D eigenvalue weighted by Gasteiger charge is -2.26. The van der Waals surface area contributed by atoms with Gasteiger partial charge in [-0.25, -0.2) is 9.97 Å². The molecule has 1 unspecified atom stereocenters. The Morgan fingerprint density at radius 2 is 2.15 bits per heavy atom. The second kappa shape index (κ2) is 5.16. The SMILES string of the molecule is Nc1cnc(C(=O)NC2CCOc3ccccc32)cn1. The molecule has 0 fully saturated rings. The molecule has 20 heavy (non-hydrogen) atoms. The summed E-state index contributed by atoms with van der Waals surface area (Å²) < 4.78 is 5.56. The van der Waals surface area contributed by atoms with Crippen LogP contribution in [0.15, 0.2) is 36.7 Å². The van der Waals surface area contributed by atoms with E-state index in [4.69, 9.17) is 10.5 Å². The third-order valence-corrected chi connectivity index (χ3v) is 3.17. The molecule has 1 aliphatic heterocycles. The number of carbonyl (C=O) groups excluding carboxylic acids is 1. The Hall–Kier alpha value is -2.63. The maximum atomic E-state index is 12.1. The lowest BCUT2D eigenvalue weighted by atomic mass is 10.0. The van der Waals surface area contributed by atoms with Crippen molar-refractivity contribution in [2.24, 2.45) is 0 Å². The van der Waals surface area contributed by atoms with E-state index in [0.29, 0.717) is 6.61 Å². The Kier molecular flexibility index (Phi) is 3.20. The maximum absolute atomic E-state index is 12.1. The zero-order valence-electron chi connectivity index (χ0n) is 10.7. The van der Waals surface area contributed by atoms with Crippen molar-refractivity contribution >= 4 is 11.7 Å². The zero-order valence-corrected chi connectivity index (χ0v) is 10.7. The van der Waals surface area contributed by atoms with Crippen molar-refractivity contribution in [1.29, 1.82) is 0 Å². The van der Waals surface area contributed by atoms with E-state index in [1.807, 2.05) is 24.3 Å². The van der Waals surface area contributed by atoms with Crippen molar-refractivity contribution in [2.75, 3.05) is 12.3 Å². The van der Waals surface area contributed by atoms with Gasteiger partial charge in [0.2, 0.25) is 0 Å². The van der Waals surface area contributed by atoms with E-state index in [1.54, 1.807) is 0 Å². The average Bonchev–Trinajstić information content (AvgIpc) is 2.48. The minimum Gasteiger partial charge on any atom is -0.493 e. The highest BCUT2D eigenvalue weighted by atomic mass is 16.5. The number of para-hydroxylation sites is 1. The van der Waals surface area contributed by atoms with Crippen LogP contribution in [0.25, 0.3) is 0 Å². The number of amides is 1. The van der Waals surface area contributed by atoms with Crippen molar-refractivity contribution in [3.8, 4) is 5.75 Å². The summed E-state index contributed by atoms with van der Waals surface area (Å²) >= 11 is 0. The number of benzene rings is 1. The quantitative estimate of drug-likeness (QED) is 0.858. The summed E-state index contributed by atoms with van der Waals surface area (Å²) in [7, 11) is 0. The highest BCUT2D eigenvalue weighted by molar-refractivity contribution is 5.92. The molecule has 2 aromatic rings. The van der Waals surface area contributed by atoms with Gasteiger partial charge >= 0.3 is 0 Å². The molecule has 0 aliphatic carbocycles. The van der Waals surface area contributed by atoms with Crippen LogP contribution in [0.5, 0.6) is 5.75 Å². The maximum Gasteiger partial charge on any atom is 0.271 e. The van der Waals surface area contributed by atoms with E-state index in [-0.39, 0.29) is 23.5 Å². The summed E-state index contributed by atoms with van der Waals surface area (Å²) in [5.74, 6) is 0.838. The lowest BCUT2D eigenvalue weighted by molar-refractivity contribution is 0.0919. The first-order chi connectivity index (χ1) is 9.74. The van der Waals surface area contributed by atoms with Crippen LogP contribution in [-0.2, 0) is 0 Å². The second-order valence-electron chi connectivity index (χ2n) is 4.53. The average molecular weight is 270 g/mol. The molecule has 0 bridgehead atoms. The summed E-state index contributed by atoms with van der Waals surface area (Å²) in [5.41, 5.74) is 6.69. The molecule has 102 valence electrons. The van der Waals surface area contributed by atoms with Gasteiger partial charge in [-0.1, -0.05) is 18.2 Å². The van der Waals surface area contributed by atoms with Gasteiger partial charge in [0.25, 0.3) is 5.91 Å². The van der Waals surface area contributed by atoms with Gasteiger partial charge < -0.3 is 15.8 Å². The number of nitrogen functional groups attached to an aromatic ring is 1. The summed E-state index contributed by atoms with van der Waals surface area (Å²) in [6.07, 6.45) is 3.47. The Balaban J connectivity index is 1.79. The molecule has 0 saturated heterocycles. The molecule has 0 radical (unpaired) electrons. The van der Waals surface area contributed by atoms with Gasteiger partial charge in [0.1, 0.15) is 17.3 Å². The topological polar surface area (TPSA) is 90.1 Å². The van der Waals surface area contributed by atoms with Crippen molar-refractivity contribution in [2.45, 2.75) is 12.5 Å². The van der Waals surface area contributed by atoms with Gasteiger partial charge in [0, 0.05) is 12.0 Å². The second-order valence-corrected chi connectivity index (χ2v) is 4.53. The molecule has 3 N–H and O–H groups in total. The van der Waals surface area contributed by atoms with Crippen LogP contribution >= 0.6 is 0 Å². The molecule has 1 aromatic heterocycles. The molecule has 0 saturated carbocycles. The fourth-order valence-corrected chi connectivity index (χ4v) is 2.18. The van der Waals surface area contributed by atoms with Crippen LogP contribution < -0.4 is 15.8 Å². The minimum atomic E-state index is -0.265. The Morgan fingerprint density at radius 1 is 1.30 bits per heavy atom. The van der Waals surface area contributed by atoms with Crippen LogP contribution in [-0.4, -0.2) is 22.5 Å². The van der Waals surface area contributed by atoms with Crippen molar-refractivity contribution in [3.63, 3.8) is 0 Å². The van der Waals surface area contributed by atoms with Crippen LogP contribution in [0.1, 0.15) is 28.5 Å². The van der Waals surface area contributed by atoms with Gasteiger partial charge in [0.15, 0.2) is 0 Å². The van der Waals surface area contributed by atoms with E-state index in [0.717, 1.165) is 17.7 Å². The van der Waals surface area contributed by atoms with Gasteiger partial charge in [-0.3, -0.25) is 4.79 Å². The molecule has 1 atom stereocenters. The van der Waals surface area contributed by atoms with E-state index in [9.17, 15) is 4.79 Å². The first kappa shape index (κ1) is 12.4. The van der Waals surface area contributed by atoms with Crippen molar-refractivity contribution in [3.05, 3.63) is 47.9 Å². The van der Waals surface area contributed by atoms with Crippen LogP contribution in [0, 0.1) is 0 Å². The summed E-state index contributed by atoms with van der Waals surface area (Å²) in [4.78, 5) is 20.0. The summed E-state index contributed by atoms with van der Waals surface area (Å²) in [5, 5.41) is 2.95. The van der Waals surface area contributed by atoms with Gasteiger partial charge in [-0.2, -0.15) is 0 Å². The highest BCUT2D eigenvalue weighted by Crippen LogP contribution is 2.31. The predicted octanol–water partition coefficient (Wildman–Crippen LogP) is 1.31. The molecule has 6 heteroatoms. The monoisotopic (exact) mass is 270 g/mol. The molecule has 0 spiro atoms. The summed E-state index contributed by atoms with van der Waals surface area (Å²) in [6, 6.07) is 7.61. The number of nitrogens with two attached hydrogens (primary N) is 1. The van der Waals surface area contributed by atoms with Gasteiger partial charge in [0.05, 0.1) is 25.0 Å². The number of hydrogen-bond donors (Lipinski definition) is 2. The Morgan fingerprint density at radius 3 is 2.95 bits per heavy atom. The lowest BCUT2D eigenvalue weighted by Crippen LogP contribution is -2.32. The number of nitrogens with one attached hydrogen (secondary N) is 1. The molecule has 1 amide bonds. The molecule has 1 aromatic carbocycles. The molecular weight excluding hydrogens is 256 g/mol. The number of anilines is 1. The predicted molar refractivity (Wildman–Crippen MR) is 73.2 cm³/mol. The smallest absolute Gasteiger partial charge is 0.271 e. The Labute approximate surface area is 116 Å². The van der Waals surface area contributed by atoms with E-state index < -0.39 is 0 Å². The van der Waals surface area contributed by atoms with Crippen LogP contribution in [0.3, 0.4) is 0 Å². The normalized spacial score (nSPS) is 16.9. The fraction of sp³-hybridized carbons (Fsp3) is 0.214. The van der Waals surface area contributed by atoms with E-state index in [2.05, 4.69) is 15.3 Å². The summed E-state index contributed by atoms with van der Waals surface area (Å²) in [6.45, 7) is 0.579. The van der Waals surface area contributed by atoms with E-state index in [1.165, 1.54) is 12.4 Å². The fourth-order valence-electron chi connectivity index (χ4n) is 2.18. The van der Waals surface area contributed by atoms with Crippen LogP contribution in [0.4, 0.5) is 5.82 Å².